The Bertz CT molecular complexity index is 1030. The van der Waals surface area contributed by atoms with Crippen molar-refractivity contribution in [1.29, 1.82) is 0 Å². The molecule has 1 fully saturated rings. The first-order valence-electron chi connectivity index (χ1n) is 9.93. The summed E-state index contributed by atoms with van der Waals surface area (Å²) in [4.78, 5) is 15.1. The molecule has 0 saturated carbocycles. The summed E-state index contributed by atoms with van der Waals surface area (Å²) < 4.78 is 24.4. The SMILES string of the molecule is O=C(c1ccccc1-n1cccc1)N1CCOC(COc2ccc3c(c2)OCO3)C1. The smallest absolute Gasteiger partial charge is 0.256 e. The van der Waals surface area contributed by atoms with Gasteiger partial charge in [-0.2, -0.15) is 0 Å². The lowest BCUT2D eigenvalue weighted by atomic mass is 10.1. The molecule has 0 bridgehead atoms. The molecule has 0 N–H and O–H groups in total. The fraction of sp³-hybridized carbons (Fsp3) is 0.261. The molecule has 1 amide bonds. The predicted molar refractivity (Wildman–Crippen MR) is 109 cm³/mol. The zero-order chi connectivity index (χ0) is 20.3. The van der Waals surface area contributed by atoms with Gasteiger partial charge in [-0.05, 0) is 36.4 Å². The average molecular weight is 406 g/mol. The number of hydrogen-bond acceptors (Lipinski definition) is 5. The summed E-state index contributed by atoms with van der Waals surface area (Å²) in [5.74, 6) is 2.07. The van der Waals surface area contributed by atoms with E-state index in [2.05, 4.69) is 0 Å². The van der Waals surface area contributed by atoms with Gasteiger partial charge in [-0.3, -0.25) is 4.79 Å². The first-order valence-corrected chi connectivity index (χ1v) is 9.93. The number of hydrogen-bond donors (Lipinski definition) is 0. The van der Waals surface area contributed by atoms with Crippen LogP contribution in [0.4, 0.5) is 0 Å². The molecule has 1 aromatic heterocycles. The molecule has 154 valence electrons. The lowest BCUT2D eigenvalue weighted by Crippen LogP contribution is -2.47. The number of para-hydroxylation sites is 1. The van der Waals surface area contributed by atoms with Crippen molar-refractivity contribution < 1.29 is 23.7 Å². The van der Waals surface area contributed by atoms with Crippen molar-refractivity contribution in [1.82, 2.24) is 9.47 Å². The van der Waals surface area contributed by atoms with Crippen molar-refractivity contribution in [3.05, 3.63) is 72.6 Å². The number of fused-ring (bicyclic) bond motifs is 1. The van der Waals surface area contributed by atoms with E-state index in [-0.39, 0.29) is 18.8 Å². The molecule has 7 nitrogen and oxygen atoms in total. The molecular weight excluding hydrogens is 384 g/mol. The third-order valence-corrected chi connectivity index (χ3v) is 5.22. The van der Waals surface area contributed by atoms with Crippen LogP contribution in [0.25, 0.3) is 5.69 Å². The number of ether oxygens (including phenoxy) is 4. The zero-order valence-electron chi connectivity index (χ0n) is 16.4. The minimum absolute atomic E-state index is 0.00400. The summed E-state index contributed by atoms with van der Waals surface area (Å²) in [7, 11) is 0. The first kappa shape index (κ1) is 18.6. The molecule has 1 atom stereocenters. The molecule has 2 aliphatic rings. The molecule has 0 spiro atoms. The molecule has 0 radical (unpaired) electrons. The Morgan fingerprint density at radius 1 is 1.03 bits per heavy atom. The van der Waals surface area contributed by atoms with Gasteiger partial charge in [0.25, 0.3) is 5.91 Å². The van der Waals surface area contributed by atoms with Crippen molar-refractivity contribution in [3.63, 3.8) is 0 Å². The van der Waals surface area contributed by atoms with Gasteiger partial charge >= 0.3 is 0 Å². The van der Waals surface area contributed by atoms with Gasteiger partial charge in [-0.25, -0.2) is 0 Å². The third-order valence-electron chi connectivity index (χ3n) is 5.22. The van der Waals surface area contributed by atoms with E-state index in [1.54, 1.807) is 6.07 Å². The minimum Gasteiger partial charge on any atom is -0.491 e. The standard InChI is InChI=1S/C23H22N2O5/c26-23(19-5-1-2-6-20(19)24-9-3-4-10-24)25-11-12-27-18(14-25)15-28-17-7-8-21-22(13-17)30-16-29-21/h1-10,13,18H,11-12,14-16H2. The van der Waals surface area contributed by atoms with Crippen molar-refractivity contribution >= 4 is 5.91 Å². The van der Waals surface area contributed by atoms with Crippen LogP contribution < -0.4 is 14.2 Å². The van der Waals surface area contributed by atoms with Gasteiger partial charge in [0.2, 0.25) is 6.79 Å². The maximum Gasteiger partial charge on any atom is 0.256 e. The van der Waals surface area contributed by atoms with Crippen LogP contribution in [0.1, 0.15) is 10.4 Å². The van der Waals surface area contributed by atoms with Crippen LogP contribution in [0.15, 0.2) is 67.0 Å². The van der Waals surface area contributed by atoms with Crippen molar-refractivity contribution in [2.45, 2.75) is 6.10 Å². The van der Waals surface area contributed by atoms with E-state index in [0.29, 0.717) is 43.4 Å². The number of carbonyl (C=O) groups is 1. The average Bonchev–Trinajstić information content (AvgIpc) is 3.49. The Hall–Kier alpha value is -3.45. The van der Waals surface area contributed by atoms with Gasteiger partial charge in [-0.15, -0.1) is 0 Å². The molecule has 30 heavy (non-hydrogen) atoms. The second-order valence-corrected chi connectivity index (χ2v) is 7.18. The Labute approximate surface area is 174 Å². The molecule has 7 heteroatoms. The Morgan fingerprint density at radius 2 is 1.87 bits per heavy atom. The lowest BCUT2D eigenvalue weighted by Gasteiger charge is -2.33. The van der Waals surface area contributed by atoms with Gasteiger partial charge in [0.1, 0.15) is 18.5 Å². The third kappa shape index (κ3) is 3.71. The van der Waals surface area contributed by atoms with E-state index in [1.165, 1.54) is 0 Å². The number of morpholine rings is 1. The van der Waals surface area contributed by atoms with E-state index < -0.39 is 0 Å². The minimum atomic E-state index is -0.202. The second-order valence-electron chi connectivity index (χ2n) is 7.18. The van der Waals surface area contributed by atoms with Gasteiger partial charge in [0.05, 0.1) is 24.4 Å². The topological polar surface area (TPSA) is 62.2 Å². The number of aromatic nitrogens is 1. The van der Waals surface area contributed by atoms with E-state index in [0.717, 1.165) is 11.4 Å². The Kier molecular flexibility index (Phi) is 5.03. The highest BCUT2D eigenvalue weighted by Crippen LogP contribution is 2.35. The molecule has 2 aromatic carbocycles. The quantitative estimate of drug-likeness (QED) is 0.652. The molecule has 1 unspecified atom stereocenters. The maximum absolute atomic E-state index is 13.2. The van der Waals surface area contributed by atoms with Gasteiger partial charge in [0, 0.05) is 25.0 Å². The van der Waals surface area contributed by atoms with Crippen LogP contribution in [0.3, 0.4) is 0 Å². The number of benzene rings is 2. The number of rotatable bonds is 5. The summed E-state index contributed by atoms with van der Waals surface area (Å²) in [5, 5.41) is 0. The van der Waals surface area contributed by atoms with Crippen molar-refractivity contribution in [2.24, 2.45) is 0 Å². The van der Waals surface area contributed by atoms with E-state index in [9.17, 15) is 4.79 Å². The molecule has 5 rings (SSSR count). The fourth-order valence-electron chi connectivity index (χ4n) is 3.71. The van der Waals surface area contributed by atoms with Gasteiger partial charge < -0.3 is 28.4 Å². The summed E-state index contributed by atoms with van der Waals surface area (Å²) in [6.07, 6.45) is 3.67. The summed E-state index contributed by atoms with van der Waals surface area (Å²) in [5.41, 5.74) is 1.54. The monoisotopic (exact) mass is 406 g/mol. The zero-order valence-corrected chi connectivity index (χ0v) is 16.4. The van der Waals surface area contributed by atoms with E-state index >= 15 is 0 Å². The van der Waals surface area contributed by atoms with Crippen LogP contribution in [0, 0.1) is 0 Å². The van der Waals surface area contributed by atoms with Crippen molar-refractivity contribution in [2.75, 3.05) is 33.1 Å². The van der Waals surface area contributed by atoms with Crippen LogP contribution >= 0.6 is 0 Å². The van der Waals surface area contributed by atoms with E-state index in [1.807, 2.05) is 70.4 Å². The Balaban J connectivity index is 1.25. The number of amides is 1. The summed E-state index contributed by atoms with van der Waals surface area (Å²) in [6, 6.07) is 17.0. The van der Waals surface area contributed by atoms with Crippen LogP contribution in [-0.2, 0) is 4.74 Å². The van der Waals surface area contributed by atoms with Crippen LogP contribution in [0.2, 0.25) is 0 Å². The first-order chi connectivity index (χ1) is 14.8. The maximum atomic E-state index is 13.2. The molecule has 2 aliphatic heterocycles. The molecular formula is C23H22N2O5. The number of nitrogens with zero attached hydrogens (tertiary/aromatic N) is 2. The lowest BCUT2D eigenvalue weighted by molar-refractivity contribution is -0.0401. The van der Waals surface area contributed by atoms with Gasteiger partial charge in [0.15, 0.2) is 11.5 Å². The largest absolute Gasteiger partial charge is 0.491 e. The molecule has 0 aliphatic carbocycles. The highest BCUT2D eigenvalue weighted by atomic mass is 16.7. The Morgan fingerprint density at radius 3 is 2.77 bits per heavy atom. The predicted octanol–water partition coefficient (Wildman–Crippen LogP) is 3.13. The normalized spacial score (nSPS) is 17.7. The van der Waals surface area contributed by atoms with Gasteiger partial charge in [-0.1, -0.05) is 12.1 Å². The molecule has 3 aromatic rings. The number of carbonyl (C=O) groups excluding carboxylic acids is 1. The van der Waals surface area contributed by atoms with Crippen LogP contribution in [0.5, 0.6) is 17.2 Å². The van der Waals surface area contributed by atoms with Crippen molar-refractivity contribution in [3.8, 4) is 22.9 Å². The van der Waals surface area contributed by atoms with Crippen LogP contribution in [-0.4, -0.2) is 54.6 Å². The molecule has 3 heterocycles. The fourth-order valence-corrected chi connectivity index (χ4v) is 3.71. The summed E-state index contributed by atoms with van der Waals surface area (Å²) >= 11 is 0. The second kappa shape index (κ2) is 8.12. The highest BCUT2D eigenvalue weighted by molar-refractivity contribution is 5.97. The van der Waals surface area contributed by atoms with E-state index in [4.69, 9.17) is 18.9 Å². The highest BCUT2D eigenvalue weighted by Gasteiger charge is 2.27. The summed E-state index contributed by atoms with van der Waals surface area (Å²) in [6.45, 7) is 2.09. The molecule has 1 saturated heterocycles.